The first-order valence-corrected chi connectivity index (χ1v) is 10.5. The van der Waals surface area contributed by atoms with Gasteiger partial charge in [0.1, 0.15) is 5.82 Å². The monoisotopic (exact) mass is 474 g/mol. The molecule has 0 aliphatic carbocycles. The Morgan fingerprint density at radius 2 is 2.00 bits per heavy atom. The Kier molecular flexibility index (Phi) is 4.93. The maximum absolute atomic E-state index is 13.3. The predicted octanol–water partition coefficient (Wildman–Crippen LogP) is 4.40. The lowest BCUT2D eigenvalue weighted by Gasteiger charge is -2.18. The highest BCUT2D eigenvalue weighted by Crippen LogP contribution is 2.34. The maximum Gasteiger partial charge on any atom is 0.417 e. The van der Waals surface area contributed by atoms with Gasteiger partial charge in [-0.2, -0.15) is 18.3 Å². The highest BCUT2D eigenvalue weighted by atomic mass is 35.5. The number of pyridine rings is 2. The second kappa shape index (κ2) is 7.58. The molecule has 1 saturated heterocycles. The molecule has 4 aromatic rings. The van der Waals surface area contributed by atoms with Gasteiger partial charge in [-0.3, -0.25) is 14.5 Å². The number of hydrogen-bond acceptors (Lipinski definition) is 5. The van der Waals surface area contributed by atoms with Gasteiger partial charge in [0.15, 0.2) is 0 Å². The van der Waals surface area contributed by atoms with E-state index in [1.165, 1.54) is 6.07 Å². The average molecular weight is 475 g/mol. The summed E-state index contributed by atoms with van der Waals surface area (Å²) >= 11 is 6.44. The van der Waals surface area contributed by atoms with Gasteiger partial charge in [0.2, 0.25) is 0 Å². The van der Waals surface area contributed by atoms with Crippen molar-refractivity contribution in [2.45, 2.75) is 18.5 Å². The highest BCUT2D eigenvalue weighted by molar-refractivity contribution is 6.35. The fourth-order valence-corrected chi connectivity index (χ4v) is 4.55. The van der Waals surface area contributed by atoms with E-state index >= 15 is 0 Å². The average Bonchev–Trinajstić information content (AvgIpc) is 3.41. The molecule has 1 atom stereocenters. The van der Waals surface area contributed by atoms with E-state index in [1.54, 1.807) is 35.0 Å². The van der Waals surface area contributed by atoms with Crippen molar-refractivity contribution in [2.24, 2.45) is 7.05 Å². The molecule has 1 aliphatic heterocycles. The Labute approximate surface area is 191 Å². The van der Waals surface area contributed by atoms with Crippen LogP contribution in [0.1, 0.15) is 34.0 Å². The number of nitrogen functional groups attached to an aromatic ring is 1. The second-order valence-corrected chi connectivity index (χ2v) is 8.49. The third-order valence-corrected chi connectivity index (χ3v) is 6.35. The number of carbonyl (C=O) groups is 1. The normalized spacial score (nSPS) is 16.8. The molecular weight excluding hydrogens is 457 g/mol. The van der Waals surface area contributed by atoms with E-state index in [-0.39, 0.29) is 16.8 Å². The van der Waals surface area contributed by atoms with Crippen LogP contribution in [0.15, 0.2) is 36.7 Å². The lowest BCUT2D eigenvalue weighted by atomic mass is 10.0. The number of benzene rings is 1. The minimum absolute atomic E-state index is 0.152. The van der Waals surface area contributed by atoms with Gasteiger partial charge >= 0.3 is 6.18 Å². The molecule has 33 heavy (non-hydrogen) atoms. The number of likely N-dealkylation sites (tertiary alicyclic amines) is 1. The summed E-state index contributed by atoms with van der Waals surface area (Å²) in [5.41, 5.74) is 7.39. The van der Waals surface area contributed by atoms with E-state index < -0.39 is 11.7 Å². The van der Waals surface area contributed by atoms with Gasteiger partial charge in [-0.15, -0.1) is 0 Å². The van der Waals surface area contributed by atoms with E-state index in [2.05, 4.69) is 15.1 Å². The van der Waals surface area contributed by atoms with E-state index in [1.807, 2.05) is 0 Å². The van der Waals surface area contributed by atoms with Crippen LogP contribution in [-0.2, 0) is 13.2 Å². The summed E-state index contributed by atoms with van der Waals surface area (Å²) in [5, 5.41) is 5.87. The lowest BCUT2D eigenvalue weighted by Crippen LogP contribution is -2.28. The molecule has 170 valence electrons. The van der Waals surface area contributed by atoms with Crippen molar-refractivity contribution < 1.29 is 18.0 Å². The van der Waals surface area contributed by atoms with E-state index in [4.69, 9.17) is 17.3 Å². The summed E-state index contributed by atoms with van der Waals surface area (Å²) in [4.78, 5) is 23.3. The van der Waals surface area contributed by atoms with Gasteiger partial charge in [0, 0.05) is 43.3 Å². The number of amides is 1. The number of nitrogens with two attached hydrogens (primary N) is 1. The number of fused-ring (bicyclic) bond motifs is 3. The standard InChI is InChI=1S/C22H18ClF3N6O/c1-31-19-14-6-13(16(23)7-18(14)30-20(27)15(19)9-29-31)21(33)32-5-4-11(10-32)17-3-2-12(8-28-17)22(24,25)26/h2-3,6-9,11H,4-5,10H2,1H3,(H2,27,30)/t11-/m1/s1. The zero-order valence-corrected chi connectivity index (χ0v) is 18.2. The molecular formula is C22H18ClF3N6O. The van der Waals surface area contributed by atoms with Crippen molar-refractivity contribution in [2.75, 3.05) is 18.8 Å². The van der Waals surface area contributed by atoms with Crippen LogP contribution < -0.4 is 5.73 Å². The maximum atomic E-state index is 13.3. The minimum Gasteiger partial charge on any atom is -0.383 e. The van der Waals surface area contributed by atoms with Crippen LogP contribution in [0, 0.1) is 0 Å². The fraction of sp³-hybridized carbons (Fsp3) is 0.273. The van der Waals surface area contributed by atoms with Crippen molar-refractivity contribution in [1.82, 2.24) is 24.6 Å². The topological polar surface area (TPSA) is 89.9 Å². The third kappa shape index (κ3) is 3.64. The van der Waals surface area contributed by atoms with Crippen LogP contribution in [-0.4, -0.2) is 43.6 Å². The van der Waals surface area contributed by atoms with Crippen molar-refractivity contribution in [3.05, 3.63) is 58.5 Å². The molecule has 0 spiro atoms. The smallest absolute Gasteiger partial charge is 0.383 e. The molecule has 1 fully saturated rings. The van der Waals surface area contributed by atoms with Crippen molar-refractivity contribution >= 4 is 45.1 Å². The van der Waals surface area contributed by atoms with Crippen molar-refractivity contribution in [3.8, 4) is 0 Å². The number of anilines is 1. The first-order valence-electron chi connectivity index (χ1n) is 10.2. The number of halogens is 4. The lowest BCUT2D eigenvalue weighted by molar-refractivity contribution is -0.137. The van der Waals surface area contributed by atoms with Gasteiger partial charge in [-0.05, 0) is 30.7 Å². The third-order valence-electron chi connectivity index (χ3n) is 6.03. The molecule has 0 bridgehead atoms. The summed E-state index contributed by atoms with van der Waals surface area (Å²) in [6.07, 6.45) is -1.39. The SMILES string of the molecule is Cn1ncc2c(N)nc3cc(Cl)c(C(=O)N4CC[C@@H](c5ccc(C(F)(F)F)cn5)C4)cc3c21. The summed E-state index contributed by atoms with van der Waals surface area (Å²) in [6.45, 7) is 0.786. The molecule has 11 heteroatoms. The first kappa shape index (κ1) is 21.4. The molecule has 0 unspecified atom stereocenters. The Bertz CT molecular complexity index is 1400. The molecule has 1 amide bonds. The number of hydrogen-bond donors (Lipinski definition) is 1. The number of alkyl halides is 3. The van der Waals surface area contributed by atoms with Gasteiger partial charge < -0.3 is 10.6 Å². The van der Waals surface area contributed by atoms with Gasteiger partial charge in [-0.25, -0.2) is 4.98 Å². The number of nitrogens with zero attached hydrogens (tertiary/aromatic N) is 5. The van der Waals surface area contributed by atoms with Crippen LogP contribution in [0.4, 0.5) is 19.0 Å². The summed E-state index contributed by atoms with van der Waals surface area (Å²) in [6, 6.07) is 5.70. The van der Waals surface area contributed by atoms with Crippen LogP contribution >= 0.6 is 11.6 Å². The number of aromatic nitrogens is 4. The summed E-state index contributed by atoms with van der Waals surface area (Å²) in [7, 11) is 1.78. The first-order chi connectivity index (χ1) is 15.6. The van der Waals surface area contributed by atoms with E-state index in [9.17, 15) is 18.0 Å². The molecule has 2 N–H and O–H groups in total. The molecule has 0 radical (unpaired) electrons. The second-order valence-electron chi connectivity index (χ2n) is 8.08. The summed E-state index contributed by atoms with van der Waals surface area (Å²) < 4.78 is 40.1. The van der Waals surface area contributed by atoms with E-state index in [0.717, 1.165) is 17.8 Å². The zero-order chi connectivity index (χ0) is 23.5. The summed E-state index contributed by atoms with van der Waals surface area (Å²) in [5.74, 6) is -0.0867. The predicted molar refractivity (Wildman–Crippen MR) is 118 cm³/mol. The van der Waals surface area contributed by atoms with Gasteiger partial charge in [-0.1, -0.05) is 11.6 Å². The quantitative estimate of drug-likeness (QED) is 0.465. The molecule has 5 rings (SSSR count). The Hall–Kier alpha value is -3.40. The van der Waals surface area contributed by atoms with Gasteiger partial charge in [0.05, 0.1) is 38.8 Å². The van der Waals surface area contributed by atoms with Crippen LogP contribution in [0.3, 0.4) is 0 Å². The number of rotatable bonds is 2. The molecule has 3 aromatic heterocycles. The molecule has 0 saturated carbocycles. The largest absolute Gasteiger partial charge is 0.417 e. The fourth-order valence-electron chi connectivity index (χ4n) is 4.31. The Morgan fingerprint density at radius 1 is 1.21 bits per heavy atom. The Morgan fingerprint density at radius 3 is 2.70 bits per heavy atom. The number of aryl methyl sites for hydroxylation is 1. The highest BCUT2D eigenvalue weighted by Gasteiger charge is 2.33. The van der Waals surface area contributed by atoms with Gasteiger partial charge in [0.25, 0.3) is 5.91 Å². The minimum atomic E-state index is -4.44. The van der Waals surface area contributed by atoms with Crippen molar-refractivity contribution in [1.29, 1.82) is 0 Å². The van der Waals surface area contributed by atoms with Crippen LogP contribution in [0.25, 0.3) is 21.8 Å². The zero-order valence-electron chi connectivity index (χ0n) is 17.4. The van der Waals surface area contributed by atoms with Crippen LogP contribution in [0.2, 0.25) is 5.02 Å². The number of carbonyl (C=O) groups excluding carboxylic acids is 1. The van der Waals surface area contributed by atoms with Crippen molar-refractivity contribution in [3.63, 3.8) is 0 Å². The van der Waals surface area contributed by atoms with Crippen LogP contribution in [0.5, 0.6) is 0 Å². The molecule has 1 aliphatic rings. The Balaban J connectivity index is 1.44. The van der Waals surface area contributed by atoms with E-state index in [0.29, 0.717) is 52.9 Å². The molecule has 4 heterocycles. The molecule has 1 aromatic carbocycles. The molecule has 7 nitrogen and oxygen atoms in total.